The molecular formula is C38H31F3N8O6RuS. The summed E-state index contributed by atoms with van der Waals surface area (Å²) in [4.78, 5) is 49.4. The van der Waals surface area contributed by atoms with Crippen LogP contribution in [0.15, 0.2) is 85.3 Å². The minimum Gasteiger partial charge on any atom is -0.753 e. The third-order valence-electron chi connectivity index (χ3n) is 7.59. The van der Waals surface area contributed by atoms with Gasteiger partial charge in [0.05, 0.1) is 28.3 Å². The number of hydrogen-bond donors (Lipinski definition) is 1. The second-order valence-corrected chi connectivity index (χ2v) is 12.0. The number of alkyl halides is 3. The first-order valence-electron chi connectivity index (χ1n) is 16.4. The Kier molecular flexibility index (Phi) is 16.7. The van der Waals surface area contributed by atoms with E-state index in [2.05, 4.69) is 79.8 Å². The zero-order valence-electron chi connectivity index (χ0n) is 30.2. The number of carboxylic acids is 1. The van der Waals surface area contributed by atoms with Crippen molar-refractivity contribution in [3.63, 3.8) is 0 Å². The van der Waals surface area contributed by atoms with Crippen molar-refractivity contribution in [3.05, 3.63) is 108 Å². The molecule has 6 heterocycles. The van der Waals surface area contributed by atoms with Gasteiger partial charge in [-0.25, -0.2) is 9.78 Å². The van der Waals surface area contributed by atoms with Crippen LogP contribution in [0.2, 0.25) is 0 Å². The van der Waals surface area contributed by atoms with Crippen LogP contribution in [0.4, 0.5) is 13.2 Å². The van der Waals surface area contributed by atoms with Crippen LogP contribution in [0.1, 0.15) is 42.5 Å². The van der Waals surface area contributed by atoms with Gasteiger partial charge in [-0.05, 0) is 67.8 Å². The first-order valence-corrected chi connectivity index (χ1v) is 16.8. The van der Waals surface area contributed by atoms with Gasteiger partial charge in [0.25, 0.3) is 12.9 Å². The molecule has 0 saturated heterocycles. The Morgan fingerprint density at radius 1 is 0.912 bits per heavy atom. The van der Waals surface area contributed by atoms with E-state index in [1.807, 2.05) is 6.07 Å². The van der Waals surface area contributed by atoms with Gasteiger partial charge >= 0.3 is 31.6 Å². The molecule has 6 rings (SSSR count). The van der Waals surface area contributed by atoms with E-state index in [0.717, 1.165) is 30.3 Å². The number of carboxylic acid groups (broad SMARTS) is 1. The smallest absolute Gasteiger partial charge is 0.753 e. The molecule has 57 heavy (non-hydrogen) atoms. The van der Waals surface area contributed by atoms with Gasteiger partial charge in [0, 0.05) is 66.0 Å². The summed E-state index contributed by atoms with van der Waals surface area (Å²) in [5.74, 6) is -0.135. The molecule has 0 radical (unpaired) electrons. The van der Waals surface area contributed by atoms with Gasteiger partial charge < -0.3 is 34.8 Å². The molecule has 0 aliphatic carbocycles. The quantitative estimate of drug-likeness (QED) is 0.0552. The molecule has 294 valence electrons. The molecule has 19 heteroatoms. The number of isothiocyanates is 1. The number of aromatic carboxylic acids is 1. The number of carbonyl (C=O) groups excluding carboxylic acids is 2. The fourth-order valence-corrected chi connectivity index (χ4v) is 5.26. The van der Waals surface area contributed by atoms with Crippen molar-refractivity contribution >= 4 is 36.3 Å². The first-order chi connectivity index (χ1) is 26.8. The van der Waals surface area contributed by atoms with Crippen LogP contribution in [-0.2, 0) is 48.2 Å². The largest absolute Gasteiger partial charge is 2.00 e. The first kappa shape index (κ1) is 45.1. The van der Waals surface area contributed by atoms with Crippen LogP contribution in [-0.4, -0.2) is 58.8 Å². The Labute approximate surface area is 341 Å². The fraction of sp³-hybridized carbons (Fsp3) is 0.184. The molecule has 0 bridgehead atoms. The average Bonchev–Trinajstić information content (AvgIpc) is 3.84. The van der Waals surface area contributed by atoms with Crippen LogP contribution >= 0.6 is 12.2 Å². The molecule has 0 unspecified atom stereocenters. The number of pyridine rings is 4. The summed E-state index contributed by atoms with van der Waals surface area (Å²) >= 11 is 3.70. The zero-order chi connectivity index (χ0) is 40.8. The van der Waals surface area contributed by atoms with Gasteiger partial charge in [0.2, 0.25) is 0 Å². The summed E-state index contributed by atoms with van der Waals surface area (Å²) in [6.07, 6.45) is 0.914. The minimum absolute atomic E-state index is 0. The summed E-state index contributed by atoms with van der Waals surface area (Å²) in [5, 5.41) is 24.4. The van der Waals surface area contributed by atoms with Crippen molar-refractivity contribution < 1.29 is 61.6 Å². The van der Waals surface area contributed by atoms with E-state index in [9.17, 15) is 27.6 Å². The van der Waals surface area contributed by atoms with Crippen molar-refractivity contribution in [1.82, 2.24) is 34.7 Å². The molecule has 0 fully saturated rings. The molecule has 14 nitrogen and oxygen atoms in total. The Morgan fingerprint density at radius 3 is 2.07 bits per heavy atom. The second kappa shape index (κ2) is 21.1. The predicted octanol–water partition coefficient (Wildman–Crippen LogP) is 7.44. The molecule has 0 saturated carbocycles. The van der Waals surface area contributed by atoms with Gasteiger partial charge in [0.1, 0.15) is 17.2 Å². The number of hydrogen-bond acceptors (Lipinski definition) is 11. The Morgan fingerprint density at radius 2 is 1.53 bits per heavy atom. The van der Waals surface area contributed by atoms with Crippen molar-refractivity contribution in [2.75, 3.05) is 0 Å². The Bertz CT molecular complexity index is 2330. The molecule has 0 aliphatic heterocycles. The number of aromatic nitrogens is 7. The van der Waals surface area contributed by atoms with Crippen LogP contribution in [0, 0.1) is 5.92 Å². The zero-order valence-corrected chi connectivity index (χ0v) is 32.7. The monoisotopic (exact) mass is 886 g/mol. The summed E-state index contributed by atoms with van der Waals surface area (Å²) in [5.41, 5.74) is 3.95. The molecule has 6 aromatic heterocycles. The van der Waals surface area contributed by atoms with Crippen molar-refractivity contribution in [3.8, 4) is 56.9 Å². The van der Waals surface area contributed by atoms with Crippen LogP contribution in [0.25, 0.3) is 50.8 Å². The van der Waals surface area contributed by atoms with E-state index in [1.54, 1.807) is 12.3 Å². The minimum atomic E-state index is -4.50. The van der Waals surface area contributed by atoms with Gasteiger partial charge in [-0.1, -0.05) is 31.8 Å². The number of rotatable bonds is 12. The van der Waals surface area contributed by atoms with Crippen LogP contribution in [0.3, 0.4) is 0 Å². The standard InChI is InChI=1S/C19H20F3N4.C18H11N3O6.CNS.Ru/c1-4-26-14(9-12(2)3)6-8-17(26)13-5-7-15(23-11-13)16-10-18(25-24-16)19(20,21)22;22-9-26-12-2-4-20-15(6-12)17-8-13(27-10-23)7-16(21-17)14-5-11(18(24)25)1-3-19-14;2-1-3;/h5-8,10-12H,4,9H2,1-3H3;1-10H,(H,24,25);;/q-1;;-1;+2. The van der Waals surface area contributed by atoms with E-state index in [-0.39, 0.29) is 66.6 Å². The third-order valence-corrected chi connectivity index (χ3v) is 7.59. The van der Waals surface area contributed by atoms with Gasteiger partial charge in [-0.3, -0.25) is 24.5 Å². The Balaban J connectivity index is 0.000000281. The number of thiocarbonyl (C=S) groups is 1. The van der Waals surface area contributed by atoms with Crippen molar-refractivity contribution in [2.45, 2.75) is 39.9 Å². The van der Waals surface area contributed by atoms with E-state index in [0.29, 0.717) is 23.0 Å². The van der Waals surface area contributed by atoms with Gasteiger partial charge in [-0.15, -0.1) is 0 Å². The van der Waals surface area contributed by atoms with E-state index >= 15 is 0 Å². The SMILES string of the molecule is CCn1c(CC(C)C)ccc1-c1ccc(-c2cc(C(F)(F)F)n[n-]2)nc1.O=COc1ccnc(-c2cc(OC=O)cc(-c3cc(C(=O)O)ccn3)n2)c1.[N-]=C=S.[Ru+2]. The second-order valence-electron chi connectivity index (χ2n) is 11.8. The van der Waals surface area contributed by atoms with Crippen LogP contribution in [0.5, 0.6) is 11.5 Å². The molecular weight excluding hydrogens is 855 g/mol. The van der Waals surface area contributed by atoms with E-state index in [4.69, 9.17) is 20.0 Å². The number of nitrogens with zero attached hydrogens (tertiary/aromatic N) is 8. The van der Waals surface area contributed by atoms with E-state index < -0.39 is 17.8 Å². The predicted molar refractivity (Wildman–Crippen MR) is 200 cm³/mol. The third kappa shape index (κ3) is 12.4. The molecule has 0 atom stereocenters. The average molecular weight is 886 g/mol. The maximum absolute atomic E-state index is 12.7. The summed E-state index contributed by atoms with van der Waals surface area (Å²) in [6.45, 7) is 7.83. The molecule has 0 spiro atoms. The summed E-state index contributed by atoms with van der Waals surface area (Å²) in [6, 6.07) is 17.2. The normalized spacial score (nSPS) is 10.4. The van der Waals surface area contributed by atoms with Crippen LogP contribution < -0.4 is 14.6 Å². The van der Waals surface area contributed by atoms with Crippen molar-refractivity contribution in [1.29, 1.82) is 0 Å². The summed E-state index contributed by atoms with van der Waals surface area (Å²) in [7, 11) is 0. The number of carbonyl (C=O) groups is 3. The molecule has 0 amide bonds. The number of halogens is 3. The maximum Gasteiger partial charge on any atom is 2.00 e. The van der Waals surface area contributed by atoms with Gasteiger partial charge in [0.15, 0.2) is 0 Å². The van der Waals surface area contributed by atoms with Crippen molar-refractivity contribution in [2.24, 2.45) is 5.92 Å². The molecule has 6 aromatic rings. The molecule has 0 aliphatic rings. The molecule has 1 N–H and O–H groups in total. The van der Waals surface area contributed by atoms with Gasteiger partial charge in [-0.2, -0.15) is 18.3 Å². The fourth-order valence-electron chi connectivity index (χ4n) is 5.26. The van der Waals surface area contributed by atoms with E-state index in [1.165, 1.54) is 59.6 Å². The molecule has 0 aromatic carbocycles. The topological polar surface area (TPSA) is 196 Å². The summed E-state index contributed by atoms with van der Waals surface area (Å²) < 4.78 is 49.9. The Hall–Kier alpha value is -6.29. The number of ether oxygens (including phenoxy) is 2. The maximum atomic E-state index is 12.7.